The molecule has 16 nitrogen and oxygen atoms in total. The largest absolute Gasteiger partial charge is 0.508 e. The minimum atomic E-state index is -1.28. The molecule has 0 aromatic heterocycles. The van der Waals surface area contributed by atoms with E-state index >= 15 is 0 Å². The number of carbonyl (C=O) groups excluding carboxylic acids is 6. The van der Waals surface area contributed by atoms with E-state index in [2.05, 4.69) is 26.6 Å². The number of nitrogens with two attached hydrogens (primary N) is 2. The normalized spacial score (nSPS) is 13.2. The van der Waals surface area contributed by atoms with Crippen molar-refractivity contribution >= 4 is 41.4 Å². The molecule has 0 saturated heterocycles. The monoisotopic (exact) mass is 683 g/mol. The van der Waals surface area contributed by atoms with Gasteiger partial charge in [0.05, 0.1) is 19.1 Å². The van der Waals surface area contributed by atoms with Gasteiger partial charge in [-0.1, -0.05) is 56.3 Å². The third-order valence-electron chi connectivity index (χ3n) is 7.18. The number of nitrogens with one attached hydrogen (secondary N) is 5. The maximum Gasteiger partial charge on any atom is 0.303 e. The lowest BCUT2D eigenvalue weighted by molar-refractivity contribution is -0.138. The summed E-state index contributed by atoms with van der Waals surface area (Å²) >= 11 is 0. The molecule has 0 aliphatic heterocycles. The highest BCUT2D eigenvalue weighted by Gasteiger charge is 2.30. The summed E-state index contributed by atoms with van der Waals surface area (Å²) in [6.45, 7) is 2.61. The molecule has 0 heterocycles. The molecule has 2 aromatic carbocycles. The predicted molar refractivity (Wildman–Crippen MR) is 177 cm³/mol. The van der Waals surface area contributed by atoms with Crippen LogP contribution in [0.3, 0.4) is 0 Å². The van der Waals surface area contributed by atoms with Crippen LogP contribution < -0.4 is 38.1 Å². The fourth-order valence-corrected chi connectivity index (χ4v) is 4.62. The van der Waals surface area contributed by atoms with Gasteiger partial charge in [-0.2, -0.15) is 0 Å². The Kier molecular flexibility index (Phi) is 16.2. The molecule has 16 heteroatoms. The fraction of sp³-hybridized carbons (Fsp3) is 0.424. The van der Waals surface area contributed by atoms with Crippen molar-refractivity contribution in [3.05, 3.63) is 65.7 Å². The highest BCUT2D eigenvalue weighted by atomic mass is 16.4. The van der Waals surface area contributed by atoms with E-state index in [1.807, 2.05) is 0 Å². The average Bonchev–Trinajstić information content (AvgIpc) is 3.04. The number of rotatable bonds is 20. The van der Waals surface area contributed by atoms with Crippen molar-refractivity contribution in [2.45, 2.75) is 70.1 Å². The van der Waals surface area contributed by atoms with Crippen molar-refractivity contribution in [3.8, 4) is 5.75 Å². The Morgan fingerprint density at radius 3 is 1.86 bits per heavy atom. The second-order valence-electron chi connectivity index (χ2n) is 11.9. The van der Waals surface area contributed by atoms with Gasteiger partial charge in [0.1, 0.15) is 23.9 Å². The van der Waals surface area contributed by atoms with E-state index in [0.717, 1.165) is 0 Å². The molecule has 6 amide bonds. The van der Waals surface area contributed by atoms with Crippen molar-refractivity contribution in [2.75, 3.05) is 13.1 Å². The zero-order chi connectivity index (χ0) is 36.5. The third-order valence-corrected chi connectivity index (χ3v) is 7.18. The summed E-state index contributed by atoms with van der Waals surface area (Å²) in [7, 11) is 0. The molecule has 2 rings (SSSR count). The van der Waals surface area contributed by atoms with Gasteiger partial charge in [-0.15, -0.1) is 0 Å². The van der Waals surface area contributed by atoms with Crippen LogP contribution in [0.4, 0.5) is 0 Å². The van der Waals surface area contributed by atoms with Crippen molar-refractivity contribution in [3.63, 3.8) is 0 Å². The van der Waals surface area contributed by atoms with Crippen molar-refractivity contribution in [1.82, 2.24) is 26.6 Å². The summed E-state index contributed by atoms with van der Waals surface area (Å²) in [4.78, 5) is 87.0. The molecule has 0 spiro atoms. The number of phenolic OH excluding ortho intramolecular Hbond substituents is 1. The van der Waals surface area contributed by atoms with Crippen LogP contribution in [0.5, 0.6) is 5.75 Å². The number of carboxylic acid groups (broad SMARTS) is 1. The molecule has 266 valence electrons. The lowest BCUT2D eigenvalue weighted by atomic mass is 10.0. The Morgan fingerprint density at radius 1 is 0.694 bits per heavy atom. The first kappa shape index (κ1) is 39.7. The number of benzene rings is 2. The van der Waals surface area contributed by atoms with Crippen LogP contribution in [0, 0.1) is 5.92 Å². The standard InChI is InChI=1S/C33H45N7O9/c1-19(2)14-25(32(48)39-24(30(35)46)12-13-29(44)45)40-33(49)26(16-20-6-4-3-5-7-20)38-28(43)18-36-27(42)17-37-31(47)23(34)15-21-8-10-22(41)11-9-21/h3-11,19,23-26,41H,12-18,34H2,1-2H3,(H2,35,46)(H,36,42)(H,37,47)(H,38,43)(H,39,48)(H,40,49)(H,44,45)/t23-,24-,25-,26-/m0/s1. The Morgan fingerprint density at radius 2 is 1.27 bits per heavy atom. The average molecular weight is 684 g/mol. The van der Waals surface area contributed by atoms with Crippen LogP contribution in [0.25, 0.3) is 0 Å². The topological polar surface area (TPSA) is 272 Å². The lowest BCUT2D eigenvalue weighted by Gasteiger charge is -2.26. The molecule has 2 aromatic rings. The summed E-state index contributed by atoms with van der Waals surface area (Å²) in [6, 6.07) is 10.3. The van der Waals surface area contributed by atoms with Crippen LogP contribution in [0.15, 0.2) is 54.6 Å². The van der Waals surface area contributed by atoms with Gasteiger partial charge in [0, 0.05) is 12.8 Å². The van der Waals surface area contributed by atoms with Gasteiger partial charge in [-0.25, -0.2) is 0 Å². The number of aromatic hydroxyl groups is 1. The highest BCUT2D eigenvalue weighted by Crippen LogP contribution is 2.11. The molecule has 0 unspecified atom stereocenters. The second-order valence-corrected chi connectivity index (χ2v) is 11.9. The van der Waals surface area contributed by atoms with Crippen LogP contribution >= 0.6 is 0 Å². The summed E-state index contributed by atoms with van der Waals surface area (Å²) < 4.78 is 0. The number of primary amides is 1. The number of carbonyl (C=O) groups is 7. The molecule has 0 aliphatic carbocycles. The Hall–Kier alpha value is -5.51. The van der Waals surface area contributed by atoms with Crippen LogP contribution in [-0.4, -0.2) is 88.9 Å². The first-order chi connectivity index (χ1) is 23.1. The molecule has 0 saturated carbocycles. The van der Waals surface area contributed by atoms with E-state index in [-0.39, 0.29) is 37.4 Å². The van der Waals surface area contributed by atoms with Gasteiger partial charge in [-0.3, -0.25) is 33.6 Å². The second kappa shape index (κ2) is 20.0. The van der Waals surface area contributed by atoms with E-state index in [1.54, 1.807) is 56.3 Å². The van der Waals surface area contributed by atoms with E-state index < -0.39 is 85.1 Å². The van der Waals surface area contributed by atoms with Gasteiger partial charge >= 0.3 is 5.97 Å². The zero-order valence-electron chi connectivity index (χ0n) is 27.4. The number of amides is 6. The van der Waals surface area contributed by atoms with Gasteiger partial charge in [0.15, 0.2) is 0 Å². The first-order valence-electron chi connectivity index (χ1n) is 15.7. The molecule has 0 bridgehead atoms. The third kappa shape index (κ3) is 15.3. The quantitative estimate of drug-likeness (QED) is 0.0786. The fourth-order valence-electron chi connectivity index (χ4n) is 4.62. The van der Waals surface area contributed by atoms with Gasteiger partial charge in [-0.05, 0) is 48.4 Å². The number of hydrogen-bond donors (Lipinski definition) is 9. The molecule has 0 aliphatic rings. The van der Waals surface area contributed by atoms with Crippen molar-refractivity contribution in [2.24, 2.45) is 17.4 Å². The molecule has 4 atom stereocenters. The van der Waals surface area contributed by atoms with Crippen molar-refractivity contribution in [1.29, 1.82) is 0 Å². The summed E-state index contributed by atoms with van der Waals surface area (Å²) in [5, 5.41) is 30.7. The van der Waals surface area contributed by atoms with E-state index in [1.165, 1.54) is 12.1 Å². The van der Waals surface area contributed by atoms with E-state index in [9.17, 15) is 38.7 Å². The number of carboxylic acids is 1. The Labute approximate surface area is 283 Å². The lowest BCUT2D eigenvalue weighted by Crippen LogP contribution is -2.57. The molecular weight excluding hydrogens is 638 g/mol. The molecular formula is C33H45N7O9. The van der Waals surface area contributed by atoms with Gasteiger partial charge in [0.2, 0.25) is 35.4 Å². The van der Waals surface area contributed by atoms with Crippen LogP contribution in [-0.2, 0) is 46.4 Å². The summed E-state index contributed by atoms with van der Waals surface area (Å²) in [5.41, 5.74) is 12.6. The SMILES string of the molecule is CC(C)C[C@H](NC(=O)[C@H](Cc1ccccc1)NC(=O)CNC(=O)CNC(=O)[C@@H](N)Cc1ccc(O)cc1)C(=O)N[C@@H](CCC(=O)O)C(N)=O. The first-order valence-corrected chi connectivity index (χ1v) is 15.7. The van der Waals surface area contributed by atoms with Gasteiger partial charge < -0.3 is 48.3 Å². The number of phenols is 1. The number of hydrogen-bond acceptors (Lipinski definition) is 9. The maximum atomic E-state index is 13.5. The van der Waals surface area contributed by atoms with Crippen LogP contribution in [0.1, 0.15) is 44.2 Å². The Balaban J connectivity index is 2.02. The van der Waals surface area contributed by atoms with E-state index in [0.29, 0.717) is 11.1 Å². The van der Waals surface area contributed by atoms with Crippen molar-refractivity contribution < 1.29 is 43.8 Å². The molecule has 0 radical (unpaired) electrons. The minimum Gasteiger partial charge on any atom is -0.508 e. The predicted octanol–water partition coefficient (Wildman–Crippen LogP) is -1.41. The Bertz CT molecular complexity index is 1450. The highest BCUT2D eigenvalue weighted by molar-refractivity contribution is 5.95. The van der Waals surface area contributed by atoms with E-state index in [4.69, 9.17) is 16.6 Å². The summed E-state index contributed by atoms with van der Waals surface area (Å²) in [5.74, 6) is -5.64. The minimum absolute atomic E-state index is 0.0277. The maximum absolute atomic E-state index is 13.5. The van der Waals surface area contributed by atoms with Gasteiger partial charge in [0.25, 0.3) is 0 Å². The summed E-state index contributed by atoms with van der Waals surface area (Å²) in [6.07, 6.45) is -0.323. The molecule has 11 N–H and O–H groups in total. The zero-order valence-corrected chi connectivity index (χ0v) is 27.4. The van der Waals surface area contributed by atoms with Crippen LogP contribution in [0.2, 0.25) is 0 Å². The smallest absolute Gasteiger partial charge is 0.303 e. The molecule has 0 fully saturated rings. The molecule has 49 heavy (non-hydrogen) atoms. The number of aliphatic carboxylic acids is 1.